The number of ether oxygens (including phenoxy) is 1. The second-order valence-electron chi connectivity index (χ2n) is 5.30. The molecule has 24 heavy (non-hydrogen) atoms. The van der Waals surface area contributed by atoms with Crippen LogP contribution < -0.4 is 4.74 Å². The van der Waals surface area contributed by atoms with E-state index in [-0.39, 0.29) is 19.0 Å². The number of hydrogen-bond acceptors (Lipinski definition) is 4. The molecule has 1 aliphatic rings. The summed E-state index contributed by atoms with van der Waals surface area (Å²) in [7, 11) is -4.06. The molecule has 0 spiro atoms. The molecule has 9 heteroatoms. The number of alkyl halides is 3. The summed E-state index contributed by atoms with van der Waals surface area (Å²) in [5.41, 5.74) is 0.892. The number of halogens is 3. The zero-order chi connectivity index (χ0) is 17.4. The van der Waals surface area contributed by atoms with E-state index in [0.717, 1.165) is 22.0 Å². The summed E-state index contributed by atoms with van der Waals surface area (Å²) in [4.78, 5) is 3.48. The second-order valence-corrected chi connectivity index (χ2v) is 7.21. The number of para-hydroxylation sites is 1. The van der Waals surface area contributed by atoms with Gasteiger partial charge in [-0.3, -0.25) is 4.98 Å². The Labute approximate surface area is 136 Å². The van der Waals surface area contributed by atoms with Gasteiger partial charge in [0.25, 0.3) is 0 Å². The maximum absolute atomic E-state index is 12.6. The average molecular weight is 358 g/mol. The molecule has 1 fully saturated rings. The minimum absolute atomic E-state index is 0.0239. The van der Waals surface area contributed by atoms with Crippen molar-refractivity contribution in [2.75, 3.05) is 13.1 Å². The standard InChI is InChI=1S/C15H13F3N2O3S/c16-15(17,18)23-13-5-1-2-6-14(13)24(21,22)20-9-12(10-20)11-4-3-7-19-8-11/h1-8,12H,9-10H2. The molecule has 0 unspecified atom stereocenters. The predicted molar refractivity (Wildman–Crippen MR) is 78.9 cm³/mol. The number of nitrogens with zero attached hydrogens (tertiary/aromatic N) is 2. The third-order valence-corrected chi connectivity index (χ3v) is 5.57. The van der Waals surface area contributed by atoms with E-state index in [9.17, 15) is 21.6 Å². The summed E-state index contributed by atoms with van der Waals surface area (Å²) in [6.45, 7) is 0.378. The Morgan fingerprint density at radius 3 is 2.46 bits per heavy atom. The van der Waals surface area contributed by atoms with E-state index in [0.29, 0.717) is 0 Å². The van der Waals surface area contributed by atoms with Gasteiger partial charge in [-0.05, 0) is 23.8 Å². The van der Waals surface area contributed by atoms with Gasteiger partial charge in [0.2, 0.25) is 10.0 Å². The lowest BCUT2D eigenvalue weighted by Gasteiger charge is -2.38. The van der Waals surface area contributed by atoms with Crippen molar-refractivity contribution < 1.29 is 26.3 Å². The SMILES string of the molecule is O=S(=O)(c1ccccc1OC(F)(F)F)N1CC(c2cccnc2)C1. The van der Waals surface area contributed by atoms with Gasteiger partial charge < -0.3 is 4.74 Å². The zero-order valence-electron chi connectivity index (χ0n) is 12.3. The lowest BCUT2D eigenvalue weighted by molar-refractivity contribution is -0.275. The van der Waals surface area contributed by atoms with Crippen LogP contribution in [0.2, 0.25) is 0 Å². The molecule has 1 aromatic carbocycles. The van der Waals surface area contributed by atoms with Crippen molar-refractivity contribution in [3.63, 3.8) is 0 Å². The van der Waals surface area contributed by atoms with Gasteiger partial charge in [-0.1, -0.05) is 18.2 Å². The number of aromatic nitrogens is 1. The van der Waals surface area contributed by atoms with E-state index < -0.39 is 27.0 Å². The molecule has 1 aliphatic heterocycles. The highest BCUT2D eigenvalue weighted by Crippen LogP contribution is 2.36. The molecule has 5 nitrogen and oxygen atoms in total. The van der Waals surface area contributed by atoms with Crippen molar-refractivity contribution in [1.82, 2.24) is 9.29 Å². The molecule has 3 rings (SSSR count). The highest BCUT2D eigenvalue weighted by molar-refractivity contribution is 7.89. The van der Waals surface area contributed by atoms with Crippen LogP contribution in [0.25, 0.3) is 0 Å². The van der Waals surface area contributed by atoms with Crippen LogP contribution in [0.15, 0.2) is 53.7 Å². The van der Waals surface area contributed by atoms with Crippen LogP contribution in [0.1, 0.15) is 11.5 Å². The Kier molecular flexibility index (Phi) is 4.22. The van der Waals surface area contributed by atoms with Crippen LogP contribution in [0, 0.1) is 0 Å². The molecule has 0 amide bonds. The van der Waals surface area contributed by atoms with Crippen molar-refractivity contribution in [2.45, 2.75) is 17.2 Å². The number of sulfonamides is 1. The quantitative estimate of drug-likeness (QED) is 0.843. The molecule has 0 atom stereocenters. The summed E-state index contributed by atoms with van der Waals surface area (Å²) in [6, 6.07) is 8.32. The topological polar surface area (TPSA) is 59.5 Å². The Bertz CT molecular complexity index is 819. The van der Waals surface area contributed by atoms with Gasteiger partial charge in [0.15, 0.2) is 0 Å². The first-order chi connectivity index (χ1) is 11.3. The van der Waals surface area contributed by atoms with Crippen molar-refractivity contribution in [3.05, 3.63) is 54.4 Å². The molecular weight excluding hydrogens is 345 g/mol. The van der Waals surface area contributed by atoms with Crippen LogP contribution in [-0.2, 0) is 10.0 Å². The summed E-state index contributed by atoms with van der Waals surface area (Å²) < 4.78 is 67.4. The van der Waals surface area contributed by atoms with Crippen LogP contribution in [0.3, 0.4) is 0 Å². The number of hydrogen-bond donors (Lipinski definition) is 0. The molecule has 0 saturated carbocycles. The molecule has 0 bridgehead atoms. The summed E-state index contributed by atoms with van der Waals surface area (Å²) >= 11 is 0. The zero-order valence-corrected chi connectivity index (χ0v) is 13.1. The van der Waals surface area contributed by atoms with Crippen molar-refractivity contribution >= 4 is 10.0 Å². The monoisotopic (exact) mass is 358 g/mol. The molecule has 0 radical (unpaired) electrons. The fourth-order valence-corrected chi connectivity index (χ4v) is 4.12. The van der Waals surface area contributed by atoms with Crippen LogP contribution >= 0.6 is 0 Å². The van der Waals surface area contributed by atoms with E-state index in [1.807, 2.05) is 6.07 Å². The van der Waals surface area contributed by atoms with Gasteiger partial charge >= 0.3 is 6.36 Å². The number of rotatable bonds is 4. The fraction of sp³-hybridized carbons (Fsp3) is 0.267. The third-order valence-electron chi connectivity index (χ3n) is 3.70. The lowest BCUT2D eigenvalue weighted by Crippen LogP contribution is -2.48. The minimum atomic E-state index is -4.96. The number of pyridine rings is 1. The summed E-state index contributed by atoms with van der Waals surface area (Å²) in [5, 5.41) is 0. The number of benzene rings is 1. The van der Waals surface area contributed by atoms with Crippen molar-refractivity contribution in [2.24, 2.45) is 0 Å². The first-order valence-corrected chi connectivity index (χ1v) is 8.46. The molecule has 0 aliphatic carbocycles. The fourth-order valence-electron chi connectivity index (χ4n) is 2.47. The average Bonchev–Trinajstić information content (AvgIpc) is 2.45. The molecule has 128 valence electrons. The largest absolute Gasteiger partial charge is 0.573 e. The van der Waals surface area contributed by atoms with Crippen molar-refractivity contribution in [1.29, 1.82) is 0 Å². The minimum Gasteiger partial charge on any atom is -0.404 e. The Morgan fingerprint density at radius 1 is 1.12 bits per heavy atom. The highest BCUT2D eigenvalue weighted by atomic mass is 32.2. The smallest absolute Gasteiger partial charge is 0.404 e. The summed E-state index contributed by atoms with van der Waals surface area (Å²) in [5.74, 6) is -0.751. The van der Waals surface area contributed by atoms with E-state index in [4.69, 9.17) is 0 Å². The van der Waals surface area contributed by atoms with Gasteiger partial charge in [-0.25, -0.2) is 8.42 Å². The van der Waals surface area contributed by atoms with Gasteiger partial charge in [0, 0.05) is 31.4 Å². The molecule has 2 aromatic rings. The van der Waals surface area contributed by atoms with E-state index in [1.165, 1.54) is 12.1 Å². The lowest BCUT2D eigenvalue weighted by atomic mass is 9.95. The Morgan fingerprint density at radius 2 is 1.83 bits per heavy atom. The van der Waals surface area contributed by atoms with Gasteiger partial charge in [-0.15, -0.1) is 13.2 Å². The maximum atomic E-state index is 12.6. The highest BCUT2D eigenvalue weighted by Gasteiger charge is 2.40. The first kappa shape index (κ1) is 16.7. The van der Waals surface area contributed by atoms with Crippen LogP contribution in [-0.4, -0.2) is 37.2 Å². The normalized spacial score (nSPS) is 16.6. The van der Waals surface area contributed by atoms with E-state index >= 15 is 0 Å². The van der Waals surface area contributed by atoms with E-state index in [1.54, 1.807) is 18.5 Å². The van der Waals surface area contributed by atoms with E-state index in [2.05, 4.69) is 9.72 Å². The molecule has 1 saturated heterocycles. The third kappa shape index (κ3) is 3.36. The first-order valence-electron chi connectivity index (χ1n) is 7.02. The second kappa shape index (κ2) is 6.06. The van der Waals surface area contributed by atoms with Gasteiger partial charge in [-0.2, -0.15) is 4.31 Å². The maximum Gasteiger partial charge on any atom is 0.573 e. The van der Waals surface area contributed by atoms with Crippen LogP contribution in [0.5, 0.6) is 5.75 Å². The molecular formula is C15H13F3N2O3S. The molecule has 0 N–H and O–H groups in total. The van der Waals surface area contributed by atoms with Gasteiger partial charge in [0.05, 0.1) is 0 Å². The van der Waals surface area contributed by atoms with Crippen LogP contribution in [0.4, 0.5) is 13.2 Å². The Balaban J connectivity index is 1.81. The molecule has 1 aromatic heterocycles. The molecule has 2 heterocycles. The predicted octanol–water partition coefficient (Wildman–Crippen LogP) is 2.77. The van der Waals surface area contributed by atoms with Gasteiger partial charge in [0.1, 0.15) is 10.6 Å². The van der Waals surface area contributed by atoms with Crippen molar-refractivity contribution in [3.8, 4) is 5.75 Å². The summed E-state index contributed by atoms with van der Waals surface area (Å²) in [6.07, 6.45) is -1.70. The Hall–Kier alpha value is -2.13.